The van der Waals surface area contributed by atoms with E-state index < -0.39 is 10.0 Å². The number of nitrogens with two attached hydrogens (primary N) is 1. The number of carbonyl (C=O) groups is 1. The van der Waals surface area contributed by atoms with Gasteiger partial charge in [0.2, 0.25) is 15.9 Å². The maximum atomic E-state index is 13.4. The maximum absolute atomic E-state index is 13.4. The van der Waals surface area contributed by atoms with Gasteiger partial charge < -0.3 is 15.4 Å². The van der Waals surface area contributed by atoms with E-state index in [4.69, 9.17) is 10.5 Å². The molecule has 2 saturated heterocycles. The standard InChI is InChI=1S/C24H31N3O4S/c25-18-21-7-4-12-27(21)32(29,30)22-10-8-20(9-11-22)23(17-19-5-2-1-3-6-19)24(28)26-13-15-31-16-14-26/h1-3,5-6,8-11,21,23H,4,7,12-18,25H2/t21-,23?/m1/s1. The molecule has 0 aromatic heterocycles. The first kappa shape index (κ1) is 22.9. The summed E-state index contributed by atoms with van der Waals surface area (Å²) in [5.41, 5.74) is 7.67. The number of ether oxygens (including phenoxy) is 1. The Balaban J connectivity index is 1.60. The van der Waals surface area contributed by atoms with Gasteiger partial charge in [-0.05, 0) is 42.5 Å². The summed E-state index contributed by atoms with van der Waals surface area (Å²) in [7, 11) is -3.60. The number of benzene rings is 2. The monoisotopic (exact) mass is 457 g/mol. The normalized spacial score (nSPS) is 20.9. The Bertz CT molecular complexity index is 1010. The first-order valence-electron chi connectivity index (χ1n) is 11.2. The Kier molecular flexibility index (Phi) is 7.25. The van der Waals surface area contributed by atoms with Crippen LogP contribution in [0.2, 0.25) is 0 Å². The number of morpholine rings is 1. The molecule has 0 spiro atoms. The molecule has 2 N–H and O–H groups in total. The van der Waals surface area contributed by atoms with E-state index in [2.05, 4.69) is 0 Å². The van der Waals surface area contributed by atoms with Gasteiger partial charge in [0, 0.05) is 32.2 Å². The van der Waals surface area contributed by atoms with Gasteiger partial charge in [0.05, 0.1) is 24.0 Å². The molecule has 0 bridgehead atoms. The molecule has 2 fully saturated rings. The van der Waals surface area contributed by atoms with Crippen molar-refractivity contribution in [2.75, 3.05) is 39.4 Å². The molecular formula is C24H31N3O4S. The topological polar surface area (TPSA) is 92.9 Å². The third-order valence-corrected chi connectivity index (χ3v) is 8.35. The minimum absolute atomic E-state index is 0.0514. The summed E-state index contributed by atoms with van der Waals surface area (Å²) < 4.78 is 33.2. The maximum Gasteiger partial charge on any atom is 0.243 e. The fraction of sp³-hybridized carbons (Fsp3) is 0.458. The molecule has 0 radical (unpaired) electrons. The van der Waals surface area contributed by atoms with Crippen molar-refractivity contribution in [3.8, 4) is 0 Å². The summed E-state index contributed by atoms with van der Waals surface area (Å²) in [5, 5.41) is 0. The average molecular weight is 458 g/mol. The largest absolute Gasteiger partial charge is 0.378 e. The zero-order valence-electron chi connectivity index (χ0n) is 18.2. The number of amides is 1. The van der Waals surface area contributed by atoms with Gasteiger partial charge in [0.15, 0.2) is 0 Å². The second-order valence-corrected chi connectivity index (χ2v) is 10.3. The molecule has 2 aliphatic heterocycles. The lowest BCUT2D eigenvalue weighted by molar-refractivity contribution is -0.136. The molecular weight excluding hydrogens is 426 g/mol. The van der Waals surface area contributed by atoms with Gasteiger partial charge >= 0.3 is 0 Å². The molecule has 0 saturated carbocycles. The minimum atomic E-state index is -3.60. The van der Waals surface area contributed by atoms with Gasteiger partial charge in [0.1, 0.15) is 0 Å². The van der Waals surface area contributed by atoms with Crippen LogP contribution in [0.15, 0.2) is 59.5 Å². The number of sulfonamides is 1. The molecule has 2 heterocycles. The molecule has 7 nitrogen and oxygen atoms in total. The van der Waals surface area contributed by atoms with Crippen molar-refractivity contribution < 1.29 is 17.9 Å². The molecule has 2 aromatic carbocycles. The Morgan fingerprint density at radius 1 is 1.03 bits per heavy atom. The number of hydrogen-bond acceptors (Lipinski definition) is 5. The van der Waals surface area contributed by atoms with Crippen molar-refractivity contribution in [3.63, 3.8) is 0 Å². The highest BCUT2D eigenvalue weighted by atomic mass is 32.2. The third kappa shape index (κ3) is 4.88. The van der Waals surface area contributed by atoms with Crippen molar-refractivity contribution in [1.29, 1.82) is 0 Å². The molecule has 2 atom stereocenters. The first-order chi connectivity index (χ1) is 15.5. The van der Waals surface area contributed by atoms with Crippen molar-refractivity contribution in [3.05, 3.63) is 65.7 Å². The number of rotatable bonds is 7. The predicted octanol–water partition coefficient (Wildman–Crippen LogP) is 1.98. The van der Waals surface area contributed by atoms with Gasteiger partial charge in [-0.25, -0.2) is 8.42 Å². The lowest BCUT2D eigenvalue weighted by Gasteiger charge is -2.31. The highest BCUT2D eigenvalue weighted by Gasteiger charge is 2.35. The van der Waals surface area contributed by atoms with Crippen LogP contribution in [0.3, 0.4) is 0 Å². The average Bonchev–Trinajstić information content (AvgIpc) is 3.33. The van der Waals surface area contributed by atoms with Crippen LogP contribution in [0, 0.1) is 0 Å². The van der Waals surface area contributed by atoms with E-state index in [1.165, 1.54) is 4.31 Å². The Hall–Kier alpha value is -2.26. The van der Waals surface area contributed by atoms with E-state index in [9.17, 15) is 13.2 Å². The van der Waals surface area contributed by atoms with Gasteiger partial charge in [-0.2, -0.15) is 4.31 Å². The van der Waals surface area contributed by atoms with Gasteiger partial charge in [0.25, 0.3) is 0 Å². The van der Waals surface area contributed by atoms with Crippen LogP contribution in [0.4, 0.5) is 0 Å². The highest BCUT2D eigenvalue weighted by molar-refractivity contribution is 7.89. The minimum Gasteiger partial charge on any atom is -0.378 e. The summed E-state index contributed by atoms with van der Waals surface area (Å²) in [6.45, 7) is 3.05. The number of nitrogens with zero attached hydrogens (tertiary/aromatic N) is 2. The molecule has 2 aromatic rings. The Morgan fingerprint density at radius 3 is 2.38 bits per heavy atom. The first-order valence-corrected chi connectivity index (χ1v) is 12.7. The van der Waals surface area contributed by atoms with Crippen LogP contribution in [-0.4, -0.2) is 69.0 Å². The van der Waals surface area contributed by atoms with E-state index in [0.717, 1.165) is 24.0 Å². The van der Waals surface area contributed by atoms with E-state index in [1.54, 1.807) is 24.3 Å². The van der Waals surface area contributed by atoms with Crippen LogP contribution in [0.25, 0.3) is 0 Å². The summed E-state index contributed by atoms with van der Waals surface area (Å²) in [5.74, 6) is -0.327. The van der Waals surface area contributed by atoms with Crippen molar-refractivity contribution in [2.45, 2.75) is 36.1 Å². The SMILES string of the molecule is NC[C@H]1CCCN1S(=O)(=O)c1ccc(C(Cc2ccccc2)C(=O)N2CCOCC2)cc1. The fourth-order valence-corrected chi connectivity index (χ4v) is 6.27. The van der Waals surface area contributed by atoms with Gasteiger partial charge in [-0.15, -0.1) is 0 Å². The molecule has 32 heavy (non-hydrogen) atoms. The zero-order valence-corrected chi connectivity index (χ0v) is 19.0. The summed E-state index contributed by atoms with van der Waals surface area (Å²) >= 11 is 0. The van der Waals surface area contributed by atoms with E-state index in [1.807, 2.05) is 35.2 Å². The lowest BCUT2D eigenvalue weighted by atomic mass is 9.90. The molecule has 1 amide bonds. The van der Waals surface area contributed by atoms with Crippen LogP contribution < -0.4 is 5.73 Å². The molecule has 172 valence electrons. The fourth-order valence-electron chi connectivity index (χ4n) is 4.57. The van der Waals surface area contributed by atoms with Crippen LogP contribution >= 0.6 is 0 Å². The van der Waals surface area contributed by atoms with E-state index in [-0.39, 0.29) is 22.8 Å². The summed E-state index contributed by atoms with van der Waals surface area (Å²) in [4.78, 5) is 15.5. The highest BCUT2D eigenvalue weighted by Crippen LogP contribution is 2.29. The van der Waals surface area contributed by atoms with Crippen molar-refractivity contribution in [2.24, 2.45) is 5.73 Å². The van der Waals surface area contributed by atoms with Crippen LogP contribution in [-0.2, 0) is 26.0 Å². The van der Waals surface area contributed by atoms with Crippen LogP contribution in [0.5, 0.6) is 0 Å². The van der Waals surface area contributed by atoms with E-state index in [0.29, 0.717) is 45.8 Å². The van der Waals surface area contributed by atoms with E-state index >= 15 is 0 Å². The summed E-state index contributed by atoms with van der Waals surface area (Å²) in [6.07, 6.45) is 2.18. The molecule has 1 unspecified atom stereocenters. The van der Waals surface area contributed by atoms with Crippen molar-refractivity contribution in [1.82, 2.24) is 9.21 Å². The summed E-state index contributed by atoms with van der Waals surface area (Å²) in [6, 6.07) is 16.6. The lowest BCUT2D eigenvalue weighted by Crippen LogP contribution is -2.43. The predicted molar refractivity (Wildman–Crippen MR) is 123 cm³/mol. The zero-order chi connectivity index (χ0) is 22.6. The molecule has 0 aliphatic carbocycles. The third-order valence-electron chi connectivity index (χ3n) is 6.39. The molecule has 8 heteroatoms. The quantitative estimate of drug-likeness (QED) is 0.686. The number of carbonyl (C=O) groups excluding carboxylic acids is 1. The number of hydrogen-bond donors (Lipinski definition) is 1. The van der Waals surface area contributed by atoms with Crippen LogP contribution in [0.1, 0.15) is 29.9 Å². The van der Waals surface area contributed by atoms with Crippen molar-refractivity contribution >= 4 is 15.9 Å². The van der Waals surface area contributed by atoms with Gasteiger partial charge in [-0.3, -0.25) is 4.79 Å². The second-order valence-electron chi connectivity index (χ2n) is 8.40. The molecule has 2 aliphatic rings. The second kappa shape index (κ2) is 10.1. The smallest absolute Gasteiger partial charge is 0.243 e. The molecule has 4 rings (SSSR count). The Labute approximate surface area is 190 Å². The van der Waals surface area contributed by atoms with Gasteiger partial charge in [-0.1, -0.05) is 42.5 Å². The Morgan fingerprint density at radius 2 is 1.72 bits per heavy atom.